The third-order valence-electron chi connectivity index (χ3n) is 4.42. The number of aliphatic carboxylic acids is 1. The van der Waals surface area contributed by atoms with E-state index in [1.807, 2.05) is 0 Å². The second-order valence-corrected chi connectivity index (χ2v) is 6.34. The Labute approximate surface area is 131 Å². The fourth-order valence-electron chi connectivity index (χ4n) is 2.61. The van der Waals surface area contributed by atoms with Gasteiger partial charge in [0.2, 0.25) is 0 Å². The van der Waals surface area contributed by atoms with Crippen LogP contribution in [-0.4, -0.2) is 24.3 Å². The predicted molar refractivity (Wildman–Crippen MR) is 88.7 cm³/mol. The van der Waals surface area contributed by atoms with Crippen LogP contribution in [0.15, 0.2) is 0 Å². The van der Waals surface area contributed by atoms with Crippen molar-refractivity contribution in [2.24, 2.45) is 5.92 Å². The highest BCUT2D eigenvalue weighted by atomic mass is 16.5. The second-order valence-electron chi connectivity index (χ2n) is 6.34. The summed E-state index contributed by atoms with van der Waals surface area (Å²) < 4.78 is 4.92. The number of unbranched alkanes of at least 4 members (excludes halogenated alkanes) is 8. The molecule has 0 aromatic heterocycles. The summed E-state index contributed by atoms with van der Waals surface area (Å²) in [6.07, 6.45) is 14.2. The number of hydrogen-bond acceptors (Lipinski definition) is 2. The second kappa shape index (κ2) is 14.4. The van der Waals surface area contributed by atoms with Crippen molar-refractivity contribution in [2.75, 3.05) is 7.11 Å². The Morgan fingerprint density at radius 1 is 0.905 bits per heavy atom. The van der Waals surface area contributed by atoms with Crippen LogP contribution >= 0.6 is 0 Å². The van der Waals surface area contributed by atoms with Crippen LogP contribution in [0.25, 0.3) is 0 Å². The molecule has 126 valence electrons. The van der Waals surface area contributed by atoms with Crippen molar-refractivity contribution in [3.8, 4) is 0 Å². The monoisotopic (exact) mass is 300 g/mol. The number of carboxylic acid groups (broad SMARTS) is 1. The first-order valence-electron chi connectivity index (χ1n) is 8.87. The number of ether oxygens (including phenoxy) is 1. The summed E-state index contributed by atoms with van der Waals surface area (Å²) in [6, 6.07) is 0. The fraction of sp³-hybridized carbons (Fsp3) is 0.944. The maximum absolute atomic E-state index is 10.8. The molecule has 0 radical (unpaired) electrons. The highest BCUT2D eigenvalue weighted by molar-refractivity contribution is 5.72. The minimum Gasteiger partial charge on any atom is -0.479 e. The average Bonchev–Trinajstić information content (AvgIpc) is 2.47. The van der Waals surface area contributed by atoms with Crippen LogP contribution in [0.3, 0.4) is 0 Å². The molecule has 1 N–H and O–H groups in total. The summed E-state index contributed by atoms with van der Waals surface area (Å²) in [6.45, 7) is 4.62. The minimum absolute atomic E-state index is 0.615. The SMILES string of the molecule is CCC(C)CCCCCCCCCCCC(OC)C(=O)O. The molecule has 2 atom stereocenters. The van der Waals surface area contributed by atoms with Crippen LogP contribution in [0.4, 0.5) is 0 Å². The maximum Gasteiger partial charge on any atom is 0.332 e. The minimum atomic E-state index is -0.838. The molecule has 0 heterocycles. The van der Waals surface area contributed by atoms with Crippen LogP contribution in [0.1, 0.15) is 90.9 Å². The van der Waals surface area contributed by atoms with Gasteiger partial charge >= 0.3 is 5.97 Å². The molecule has 0 spiro atoms. The van der Waals surface area contributed by atoms with Gasteiger partial charge in [0.25, 0.3) is 0 Å². The van der Waals surface area contributed by atoms with Crippen molar-refractivity contribution in [2.45, 2.75) is 97.0 Å². The quantitative estimate of drug-likeness (QED) is 0.411. The lowest BCUT2D eigenvalue weighted by atomic mass is 9.99. The van der Waals surface area contributed by atoms with E-state index in [1.165, 1.54) is 64.9 Å². The van der Waals surface area contributed by atoms with Crippen molar-refractivity contribution >= 4 is 5.97 Å². The molecular weight excluding hydrogens is 264 g/mol. The lowest BCUT2D eigenvalue weighted by molar-refractivity contribution is -0.148. The first-order chi connectivity index (χ1) is 10.1. The molecule has 0 saturated heterocycles. The molecule has 0 amide bonds. The molecule has 0 bridgehead atoms. The van der Waals surface area contributed by atoms with E-state index in [4.69, 9.17) is 9.84 Å². The molecule has 0 aromatic carbocycles. The molecule has 0 aliphatic carbocycles. The Balaban J connectivity index is 3.21. The topological polar surface area (TPSA) is 46.5 Å². The number of methoxy groups -OCH3 is 1. The van der Waals surface area contributed by atoms with Crippen molar-refractivity contribution in [3.63, 3.8) is 0 Å². The van der Waals surface area contributed by atoms with Gasteiger partial charge in [-0.2, -0.15) is 0 Å². The van der Waals surface area contributed by atoms with Crippen molar-refractivity contribution in [1.29, 1.82) is 0 Å². The zero-order chi connectivity index (χ0) is 15.9. The van der Waals surface area contributed by atoms with Gasteiger partial charge in [-0.25, -0.2) is 4.79 Å². The van der Waals surface area contributed by atoms with Gasteiger partial charge < -0.3 is 9.84 Å². The van der Waals surface area contributed by atoms with Gasteiger partial charge in [0.15, 0.2) is 6.10 Å². The number of hydrogen-bond donors (Lipinski definition) is 1. The van der Waals surface area contributed by atoms with Crippen LogP contribution in [-0.2, 0) is 9.53 Å². The average molecular weight is 300 g/mol. The zero-order valence-electron chi connectivity index (χ0n) is 14.4. The van der Waals surface area contributed by atoms with Gasteiger partial charge in [-0.3, -0.25) is 0 Å². The van der Waals surface area contributed by atoms with E-state index >= 15 is 0 Å². The molecule has 2 unspecified atom stereocenters. The number of carbonyl (C=O) groups is 1. The molecule has 21 heavy (non-hydrogen) atoms. The smallest absolute Gasteiger partial charge is 0.332 e. The van der Waals surface area contributed by atoms with Crippen molar-refractivity contribution in [1.82, 2.24) is 0 Å². The van der Waals surface area contributed by atoms with Crippen LogP contribution < -0.4 is 0 Å². The fourth-order valence-corrected chi connectivity index (χ4v) is 2.61. The first-order valence-corrected chi connectivity index (χ1v) is 8.87. The largest absolute Gasteiger partial charge is 0.479 e. The summed E-state index contributed by atoms with van der Waals surface area (Å²) >= 11 is 0. The van der Waals surface area contributed by atoms with Gasteiger partial charge in [-0.05, 0) is 12.3 Å². The van der Waals surface area contributed by atoms with Crippen LogP contribution in [0.2, 0.25) is 0 Å². The molecule has 0 aliphatic rings. The third kappa shape index (κ3) is 12.9. The first kappa shape index (κ1) is 20.4. The van der Waals surface area contributed by atoms with E-state index in [-0.39, 0.29) is 0 Å². The van der Waals surface area contributed by atoms with E-state index < -0.39 is 12.1 Å². The maximum atomic E-state index is 10.8. The van der Waals surface area contributed by atoms with E-state index in [2.05, 4.69) is 13.8 Å². The van der Waals surface area contributed by atoms with E-state index in [0.29, 0.717) is 6.42 Å². The Morgan fingerprint density at radius 2 is 1.33 bits per heavy atom. The Morgan fingerprint density at radius 3 is 1.71 bits per heavy atom. The Kier molecular flexibility index (Phi) is 14.0. The van der Waals surface area contributed by atoms with Crippen molar-refractivity contribution < 1.29 is 14.6 Å². The van der Waals surface area contributed by atoms with E-state index in [1.54, 1.807) is 0 Å². The molecule has 0 fully saturated rings. The predicted octanol–water partition coefficient (Wildman–Crippen LogP) is 5.42. The lowest BCUT2D eigenvalue weighted by Crippen LogP contribution is -2.21. The standard InChI is InChI=1S/C18H36O3/c1-4-16(2)14-12-10-8-6-5-7-9-11-13-15-17(21-3)18(19)20/h16-17H,4-15H2,1-3H3,(H,19,20). The summed E-state index contributed by atoms with van der Waals surface area (Å²) in [4.78, 5) is 10.8. The van der Waals surface area contributed by atoms with Crippen LogP contribution in [0, 0.1) is 5.92 Å². The Bertz CT molecular complexity index is 241. The normalized spacial score (nSPS) is 14.0. The summed E-state index contributed by atoms with van der Waals surface area (Å²) in [5, 5.41) is 8.84. The van der Waals surface area contributed by atoms with E-state index in [9.17, 15) is 4.79 Å². The van der Waals surface area contributed by atoms with Crippen molar-refractivity contribution in [3.05, 3.63) is 0 Å². The summed E-state index contributed by atoms with van der Waals surface area (Å²) in [5.74, 6) is 0.0571. The highest BCUT2D eigenvalue weighted by Gasteiger charge is 2.14. The van der Waals surface area contributed by atoms with Gasteiger partial charge in [-0.15, -0.1) is 0 Å². The number of carboxylic acids is 1. The highest BCUT2D eigenvalue weighted by Crippen LogP contribution is 2.15. The molecule has 0 saturated carbocycles. The van der Waals surface area contributed by atoms with Gasteiger partial charge in [0.1, 0.15) is 0 Å². The molecule has 0 rings (SSSR count). The van der Waals surface area contributed by atoms with Gasteiger partial charge in [-0.1, -0.05) is 84.5 Å². The molecular formula is C18H36O3. The molecule has 0 aromatic rings. The van der Waals surface area contributed by atoms with E-state index in [0.717, 1.165) is 18.8 Å². The summed E-state index contributed by atoms with van der Waals surface area (Å²) in [7, 11) is 1.47. The Hall–Kier alpha value is -0.570. The molecule has 0 aliphatic heterocycles. The molecule has 3 heteroatoms. The van der Waals surface area contributed by atoms with Gasteiger partial charge in [0.05, 0.1) is 0 Å². The number of rotatable bonds is 15. The third-order valence-corrected chi connectivity index (χ3v) is 4.42. The van der Waals surface area contributed by atoms with Crippen LogP contribution in [0.5, 0.6) is 0 Å². The van der Waals surface area contributed by atoms with Gasteiger partial charge in [0, 0.05) is 7.11 Å². The zero-order valence-corrected chi connectivity index (χ0v) is 14.4. The molecule has 3 nitrogen and oxygen atoms in total. The lowest BCUT2D eigenvalue weighted by Gasteiger charge is -2.09. The summed E-state index contributed by atoms with van der Waals surface area (Å²) in [5.41, 5.74) is 0.